The van der Waals surface area contributed by atoms with Crippen molar-refractivity contribution in [2.24, 2.45) is 0 Å². The smallest absolute Gasteiger partial charge is 0.331 e. The Kier molecular flexibility index (Phi) is 6.90. The van der Waals surface area contributed by atoms with Crippen LogP contribution in [-0.4, -0.2) is 27.8 Å². The summed E-state index contributed by atoms with van der Waals surface area (Å²) in [6, 6.07) is 11.1. The van der Waals surface area contributed by atoms with Gasteiger partial charge in [-0.1, -0.05) is 41.4 Å². The maximum Gasteiger partial charge on any atom is 0.331 e. The van der Waals surface area contributed by atoms with Crippen molar-refractivity contribution in [1.29, 1.82) is 0 Å². The van der Waals surface area contributed by atoms with Gasteiger partial charge in [0.05, 0.1) is 19.3 Å². The van der Waals surface area contributed by atoms with Gasteiger partial charge in [-0.05, 0) is 36.8 Å². The van der Waals surface area contributed by atoms with Crippen LogP contribution in [0, 0.1) is 6.92 Å². The molecule has 29 heavy (non-hydrogen) atoms. The van der Waals surface area contributed by atoms with E-state index in [2.05, 4.69) is 10.1 Å². The summed E-state index contributed by atoms with van der Waals surface area (Å²) in [5.41, 5.74) is 3.13. The molecule has 3 rings (SSSR count). The minimum Gasteiger partial charge on any atom is -0.497 e. The molecule has 0 spiro atoms. The Labute approximate surface area is 178 Å². The summed E-state index contributed by atoms with van der Waals surface area (Å²) in [4.78, 5) is 15.9. The summed E-state index contributed by atoms with van der Waals surface area (Å²) in [5, 5.41) is 5.29. The zero-order valence-corrected chi connectivity index (χ0v) is 17.4. The predicted molar refractivity (Wildman–Crippen MR) is 112 cm³/mol. The first kappa shape index (κ1) is 20.9. The normalized spacial score (nSPS) is 11.0. The van der Waals surface area contributed by atoms with E-state index < -0.39 is 5.97 Å². The number of halogens is 2. The van der Waals surface area contributed by atoms with Gasteiger partial charge in [-0.25, -0.2) is 14.5 Å². The van der Waals surface area contributed by atoms with Crippen LogP contribution in [-0.2, 0) is 22.7 Å². The second-order valence-electron chi connectivity index (χ2n) is 6.23. The molecule has 0 fully saturated rings. The molecular weight excluding hydrogens is 413 g/mol. The zero-order valence-electron chi connectivity index (χ0n) is 15.9. The summed E-state index contributed by atoms with van der Waals surface area (Å²) in [5.74, 6) is 0.275. The molecule has 0 aliphatic heterocycles. The van der Waals surface area contributed by atoms with Crippen molar-refractivity contribution in [3.8, 4) is 5.75 Å². The molecule has 0 bridgehead atoms. The van der Waals surface area contributed by atoms with Crippen LogP contribution in [0.2, 0.25) is 10.3 Å². The van der Waals surface area contributed by atoms with E-state index in [1.54, 1.807) is 36.2 Å². The number of esters is 1. The van der Waals surface area contributed by atoms with Gasteiger partial charge < -0.3 is 9.47 Å². The molecule has 0 atom stereocenters. The third-order valence-corrected chi connectivity index (χ3v) is 4.75. The van der Waals surface area contributed by atoms with Gasteiger partial charge in [-0.2, -0.15) is 5.10 Å². The van der Waals surface area contributed by atoms with Crippen LogP contribution in [0.25, 0.3) is 6.08 Å². The number of nitrogens with zero attached hydrogens (tertiary/aromatic N) is 3. The molecule has 0 radical (unpaired) electrons. The minimum atomic E-state index is -0.490. The number of benzene rings is 1. The van der Waals surface area contributed by atoms with Crippen molar-refractivity contribution in [3.63, 3.8) is 0 Å². The molecule has 8 heteroatoms. The standard InChI is InChI=1S/C21H19Cl2N3O3/c1-14-18(7-9-20(27)29-13-16-6-8-19(22)24-11-16)21(23)26(25-14)12-15-4-3-5-17(10-15)28-2/h3-11H,12-13H2,1-2H3/b9-7+. The van der Waals surface area contributed by atoms with Crippen LogP contribution in [0.4, 0.5) is 0 Å². The van der Waals surface area contributed by atoms with Crippen molar-refractivity contribution in [1.82, 2.24) is 14.8 Å². The first-order valence-corrected chi connectivity index (χ1v) is 9.53. The summed E-state index contributed by atoms with van der Waals surface area (Å²) < 4.78 is 12.1. The molecule has 6 nitrogen and oxygen atoms in total. The van der Waals surface area contributed by atoms with E-state index in [4.69, 9.17) is 32.7 Å². The maximum absolute atomic E-state index is 12.0. The van der Waals surface area contributed by atoms with E-state index in [-0.39, 0.29) is 6.61 Å². The summed E-state index contributed by atoms with van der Waals surface area (Å²) in [6.07, 6.45) is 4.49. The van der Waals surface area contributed by atoms with E-state index in [0.29, 0.717) is 28.1 Å². The second kappa shape index (κ2) is 9.58. The molecule has 2 heterocycles. The second-order valence-corrected chi connectivity index (χ2v) is 6.97. The monoisotopic (exact) mass is 431 g/mol. The lowest BCUT2D eigenvalue weighted by atomic mass is 10.2. The summed E-state index contributed by atoms with van der Waals surface area (Å²) >= 11 is 12.2. The third kappa shape index (κ3) is 5.59. The van der Waals surface area contributed by atoms with Crippen molar-refractivity contribution in [2.45, 2.75) is 20.1 Å². The Morgan fingerprint density at radius 1 is 1.21 bits per heavy atom. The van der Waals surface area contributed by atoms with Gasteiger partial charge in [0.1, 0.15) is 22.7 Å². The molecule has 150 valence electrons. The topological polar surface area (TPSA) is 66.2 Å². The number of hydrogen-bond acceptors (Lipinski definition) is 5. The quantitative estimate of drug-likeness (QED) is 0.308. The highest BCUT2D eigenvalue weighted by Gasteiger charge is 2.12. The highest BCUT2D eigenvalue weighted by molar-refractivity contribution is 6.31. The van der Waals surface area contributed by atoms with Gasteiger partial charge in [0, 0.05) is 23.4 Å². The molecule has 0 N–H and O–H groups in total. The van der Waals surface area contributed by atoms with Gasteiger partial charge in [-0.3, -0.25) is 0 Å². The number of hydrogen-bond donors (Lipinski definition) is 0. The third-order valence-electron chi connectivity index (χ3n) is 4.13. The molecule has 0 saturated carbocycles. The number of rotatable bonds is 7. The van der Waals surface area contributed by atoms with Gasteiger partial charge in [0.15, 0.2) is 0 Å². The molecule has 2 aromatic heterocycles. The van der Waals surface area contributed by atoms with Crippen molar-refractivity contribution < 1.29 is 14.3 Å². The molecule has 0 amide bonds. The summed E-state index contributed by atoms with van der Waals surface area (Å²) in [7, 11) is 1.62. The average molecular weight is 432 g/mol. The largest absolute Gasteiger partial charge is 0.497 e. The molecule has 0 aliphatic rings. The van der Waals surface area contributed by atoms with Crippen molar-refractivity contribution in [2.75, 3.05) is 7.11 Å². The first-order valence-electron chi connectivity index (χ1n) is 8.77. The Hall–Kier alpha value is -2.83. The molecule has 3 aromatic rings. The number of aromatic nitrogens is 3. The van der Waals surface area contributed by atoms with Crippen LogP contribution in [0.1, 0.15) is 22.4 Å². The number of carbonyl (C=O) groups is 1. The number of methoxy groups -OCH3 is 1. The minimum absolute atomic E-state index is 0.106. The summed E-state index contributed by atoms with van der Waals surface area (Å²) in [6.45, 7) is 2.42. The van der Waals surface area contributed by atoms with Gasteiger partial charge >= 0.3 is 5.97 Å². The molecule has 0 saturated heterocycles. The Balaban J connectivity index is 1.65. The Morgan fingerprint density at radius 2 is 2.03 bits per heavy atom. The van der Waals surface area contributed by atoms with E-state index in [0.717, 1.165) is 16.9 Å². The lowest BCUT2D eigenvalue weighted by molar-refractivity contribution is -0.138. The van der Waals surface area contributed by atoms with E-state index in [1.807, 2.05) is 31.2 Å². The highest BCUT2D eigenvalue weighted by Crippen LogP contribution is 2.23. The predicted octanol–water partition coefficient (Wildman–Crippen LogP) is 4.71. The van der Waals surface area contributed by atoms with Crippen LogP contribution in [0.15, 0.2) is 48.7 Å². The number of pyridine rings is 1. The van der Waals surface area contributed by atoms with Crippen LogP contribution in [0.5, 0.6) is 5.75 Å². The Bertz CT molecular complexity index is 1030. The molecular formula is C21H19Cl2N3O3. The molecule has 1 aromatic carbocycles. The SMILES string of the molecule is COc1cccc(Cn2nc(C)c(/C=C/C(=O)OCc3ccc(Cl)nc3)c2Cl)c1. The van der Waals surface area contributed by atoms with Gasteiger partial charge in [-0.15, -0.1) is 0 Å². The van der Waals surface area contributed by atoms with Crippen molar-refractivity contribution >= 4 is 35.2 Å². The Morgan fingerprint density at radius 3 is 2.76 bits per heavy atom. The fourth-order valence-electron chi connectivity index (χ4n) is 2.65. The first-order chi connectivity index (χ1) is 14.0. The number of carbonyl (C=O) groups excluding carboxylic acids is 1. The lowest BCUT2D eigenvalue weighted by Crippen LogP contribution is -2.02. The molecule has 0 aliphatic carbocycles. The zero-order chi connectivity index (χ0) is 20.8. The van der Waals surface area contributed by atoms with Crippen LogP contribution < -0.4 is 4.74 Å². The average Bonchev–Trinajstić information content (AvgIpc) is 2.98. The van der Waals surface area contributed by atoms with Gasteiger partial charge in [0.2, 0.25) is 0 Å². The number of ether oxygens (including phenoxy) is 2. The fraction of sp³-hybridized carbons (Fsp3) is 0.190. The van der Waals surface area contributed by atoms with Crippen LogP contribution in [0.3, 0.4) is 0 Å². The number of aryl methyl sites for hydroxylation is 1. The van der Waals surface area contributed by atoms with E-state index in [9.17, 15) is 4.79 Å². The van der Waals surface area contributed by atoms with Gasteiger partial charge in [0.25, 0.3) is 0 Å². The van der Waals surface area contributed by atoms with Crippen molar-refractivity contribution in [3.05, 3.63) is 81.4 Å². The maximum atomic E-state index is 12.0. The van der Waals surface area contributed by atoms with E-state index in [1.165, 1.54) is 6.08 Å². The van der Waals surface area contributed by atoms with Crippen LogP contribution >= 0.6 is 23.2 Å². The fourth-order valence-corrected chi connectivity index (χ4v) is 3.06. The molecule has 0 unspecified atom stereocenters. The highest BCUT2D eigenvalue weighted by atomic mass is 35.5. The lowest BCUT2D eigenvalue weighted by Gasteiger charge is -2.06. The van der Waals surface area contributed by atoms with E-state index >= 15 is 0 Å².